The number of hydrogen-bond acceptors (Lipinski definition) is 3. The lowest BCUT2D eigenvalue weighted by molar-refractivity contribution is 0.211. The Morgan fingerprint density at radius 3 is 2.90 bits per heavy atom. The average molecular weight is 365 g/mol. The summed E-state index contributed by atoms with van der Waals surface area (Å²) in [6.45, 7) is 4.67. The molecule has 1 atom stereocenters. The number of nitrogens with one attached hydrogen (secondary N) is 1. The number of likely N-dealkylation sites (tertiary alicyclic amines) is 1. The molecule has 1 saturated heterocycles. The van der Waals surface area contributed by atoms with Crippen molar-refractivity contribution >= 4 is 26.0 Å². The second-order valence-corrected chi connectivity index (χ2v) is 7.50. The van der Waals surface area contributed by atoms with Gasteiger partial charge in [-0.15, -0.1) is 0 Å². The molecule has 0 aromatic heterocycles. The molecule has 0 saturated carbocycles. The van der Waals surface area contributed by atoms with Crippen molar-refractivity contribution in [3.8, 4) is 0 Å². The molecule has 1 aromatic rings. The minimum Gasteiger partial charge on any atom is -0.302 e. The van der Waals surface area contributed by atoms with Gasteiger partial charge in [-0.2, -0.15) is 0 Å². The minimum atomic E-state index is -3.67. The number of sulfonamides is 1. The first kappa shape index (κ1) is 15.9. The highest BCUT2D eigenvalue weighted by Gasteiger charge is 2.25. The number of hydrogen-bond donors (Lipinski definition) is 1. The molecule has 20 heavy (non-hydrogen) atoms. The van der Waals surface area contributed by atoms with E-state index in [1.54, 1.807) is 0 Å². The zero-order valence-electron chi connectivity index (χ0n) is 11.3. The zero-order chi connectivity index (χ0) is 14.8. The van der Waals surface area contributed by atoms with Crippen LogP contribution in [0.3, 0.4) is 0 Å². The fraction of sp³-hybridized carbons (Fsp3) is 0.538. The van der Waals surface area contributed by atoms with Crippen LogP contribution in [0.4, 0.5) is 4.39 Å². The maximum atomic E-state index is 13.5. The summed E-state index contributed by atoms with van der Waals surface area (Å²) < 4.78 is 40.9. The first-order chi connectivity index (χ1) is 9.42. The van der Waals surface area contributed by atoms with Crippen molar-refractivity contribution in [3.63, 3.8) is 0 Å². The summed E-state index contributed by atoms with van der Waals surface area (Å²) in [4.78, 5) is 2.17. The fourth-order valence-corrected chi connectivity index (χ4v) is 3.89. The van der Waals surface area contributed by atoms with Crippen LogP contribution in [0.5, 0.6) is 0 Å². The van der Waals surface area contributed by atoms with Gasteiger partial charge >= 0.3 is 0 Å². The summed E-state index contributed by atoms with van der Waals surface area (Å²) in [6.07, 6.45) is 1.78. The molecular weight excluding hydrogens is 347 g/mol. The molecule has 1 fully saturated rings. The van der Waals surface area contributed by atoms with E-state index in [9.17, 15) is 12.8 Å². The van der Waals surface area contributed by atoms with Crippen LogP contribution < -0.4 is 4.72 Å². The van der Waals surface area contributed by atoms with Gasteiger partial charge in [0.1, 0.15) is 5.82 Å². The predicted molar refractivity (Wildman–Crippen MR) is 79.6 cm³/mol. The number of piperidine rings is 1. The van der Waals surface area contributed by atoms with Crippen molar-refractivity contribution in [2.75, 3.05) is 19.6 Å². The van der Waals surface area contributed by atoms with Gasteiger partial charge in [-0.05, 0) is 60.1 Å². The summed E-state index contributed by atoms with van der Waals surface area (Å²) in [5.41, 5.74) is 0. The molecule has 1 aromatic carbocycles. The van der Waals surface area contributed by atoms with Crippen LogP contribution in [0.15, 0.2) is 27.6 Å². The van der Waals surface area contributed by atoms with Crippen LogP contribution in [0.25, 0.3) is 0 Å². The normalized spacial score (nSPS) is 21.1. The van der Waals surface area contributed by atoms with E-state index in [1.807, 2.05) is 0 Å². The molecule has 1 unspecified atom stereocenters. The van der Waals surface area contributed by atoms with Gasteiger partial charge in [0.25, 0.3) is 0 Å². The monoisotopic (exact) mass is 364 g/mol. The molecule has 0 aliphatic carbocycles. The summed E-state index contributed by atoms with van der Waals surface area (Å²) in [6, 6.07) is 3.73. The van der Waals surface area contributed by atoms with E-state index in [4.69, 9.17) is 0 Å². The molecule has 2 rings (SSSR count). The van der Waals surface area contributed by atoms with Crippen molar-refractivity contribution in [3.05, 3.63) is 28.5 Å². The number of benzene rings is 1. The molecule has 0 radical (unpaired) electrons. The van der Waals surface area contributed by atoms with Crippen LogP contribution >= 0.6 is 15.9 Å². The van der Waals surface area contributed by atoms with E-state index in [0.717, 1.165) is 32.0 Å². The van der Waals surface area contributed by atoms with Gasteiger partial charge in [0.05, 0.1) is 9.37 Å². The zero-order valence-corrected chi connectivity index (χ0v) is 13.7. The summed E-state index contributed by atoms with van der Waals surface area (Å²) >= 11 is 3.01. The predicted octanol–water partition coefficient (Wildman–Crippen LogP) is 2.35. The Bertz CT molecular complexity index is 580. The van der Waals surface area contributed by atoms with Gasteiger partial charge in [-0.25, -0.2) is 17.5 Å². The van der Waals surface area contributed by atoms with E-state index in [0.29, 0.717) is 6.54 Å². The molecule has 1 heterocycles. The topological polar surface area (TPSA) is 49.4 Å². The van der Waals surface area contributed by atoms with E-state index in [2.05, 4.69) is 32.5 Å². The van der Waals surface area contributed by atoms with Crippen molar-refractivity contribution in [1.29, 1.82) is 0 Å². The third-order valence-electron chi connectivity index (χ3n) is 3.48. The Morgan fingerprint density at radius 1 is 1.50 bits per heavy atom. The fourth-order valence-electron chi connectivity index (χ4n) is 2.37. The van der Waals surface area contributed by atoms with Crippen LogP contribution in [0, 0.1) is 5.82 Å². The smallest absolute Gasteiger partial charge is 0.240 e. The molecule has 112 valence electrons. The Kier molecular flexibility index (Phi) is 5.17. The minimum absolute atomic E-state index is 0.0354. The lowest BCUT2D eigenvalue weighted by atomic mass is 10.1. The number of nitrogens with zero attached hydrogens (tertiary/aromatic N) is 1. The lowest BCUT2D eigenvalue weighted by Crippen LogP contribution is -2.47. The lowest BCUT2D eigenvalue weighted by Gasteiger charge is -2.32. The molecule has 1 aliphatic heterocycles. The van der Waals surface area contributed by atoms with Gasteiger partial charge < -0.3 is 4.90 Å². The second-order valence-electron chi connectivity index (χ2n) is 4.93. The van der Waals surface area contributed by atoms with E-state index in [-0.39, 0.29) is 15.4 Å². The van der Waals surface area contributed by atoms with Crippen LogP contribution in [-0.2, 0) is 10.0 Å². The highest BCUT2D eigenvalue weighted by Crippen LogP contribution is 2.20. The standard InChI is InChI=1S/C13H18BrFN2O2S/c1-2-17-7-3-4-10(9-17)16-20(18,19)11-5-6-12(14)13(15)8-11/h5-6,8,10,16H,2-4,7,9H2,1H3. The Hall–Kier alpha value is -0.500. The summed E-state index contributed by atoms with van der Waals surface area (Å²) in [5.74, 6) is -0.577. The number of halogens is 2. The van der Waals surface area contributed by atoms with Crippen molar-refractivity contribution < 1.29 is 12.8 Å². The molecule has 0 amide bonds. The third-order valence-corrected chi connectivity index (χ3v) is 5.64. The van der Waals surface area contributed by atoms with Gasteiger partial charge in [-0.3, -0.25) is 0 Å². The van der Waals surface area contributed by atoms with E-state index >= 15 is 0 Å². The molecule has 4 nitrogen and oxygen atoms in total. The van der Waals surface area contributed by atoms with Crippen molar-refractivity contribution in [2.45, 2.75) is 30.7 Å². The van der Waals surface area contributed by atoms with Gasteiger partial charge in [0, 0.05) is 12.6 Å². The van der Waals surface area contributed by atoms with Crippen molar-refractivity contribution in [1.82, 2.24) is 9.62 Å². The Labute approximate surface area is 127 Å². The maximum absolute atomic E-state index is 13.5. The maximum Gasteiger partial charge on any atom is 0.240 e. The van der Waals surface area contributed by atoms with Gasteiger partial charge in [0.2, 0.25) is 10.0 Å². The van der Waals surface area contributed by atoms with E-state index in [1.165, 1.54) is 12.1 Å². The largest absolute Gasteiger partial charge is 0.302 e. The molecule has 0 spiro atoms. The highest BCUT2D eigenvalue weighted by atomic mass is 79.9. The van der Waals surface area contributed by atoms with Crippen LogP contribution in [0.1, 0.15) is 19.8 Å². The highest BCUT2D eigenvalue weighted by molar-refractivity contribution is 9.10. The molecule has 1 N–H and O–H groups in total. The Balaban J connectivity index is 2.12. The molecule has 0 bridgehead atoms. The van der Waals surface area contributed by atoms with Gasteiger partial charge in [0.15, 0.2) is 0 Å². The van der Waals surface area contributed by atoms with Crippen LogP contribution in [0.2, 0.25) is 0 Å². The Morgan fingerprint density at radius 2 is 2.25 bits per heavy atom. The summed E-state index contributed by atoms with van der Waals surface area (Å²) in [5, 5.41) is 0. The number of rotatable bonds is 4. The average Bonchev–Trinajstić information content (AvgIpc) is 2.41. The van der Waals surface area contributed by atoms with Crippen LogP contribution in [-0.4, -0.2) is 39.0 Å². The summed E-state index contributed by atoms with van der Waals surface area (Å²) in [7, 11) is -3.67. The molecule has 7 heteroatoms. The quantitative estimate of drug-likeness (QED) is 0.891. The molecule has 1 aliphatic rings. The number of likely N-dealkylation sites (N-methyl/N-ethyl adjacent to an activating group) is 1. The van der Waals surface area contributed by atoms with E-state index < -0.39 is 15.8 Å². The van der Waals surface area contributed by atoms with Crippen molar-refractivity contribution in [2.24, 2.45) is 0 Å². The SMILES string of the molecule is CCN1CCCC(NS(=O)(=O)c2ccc(Br)c(F)c2)C1. The van der Waals surface area contributed by atoms with Gasteiger partial charge in [-0.1, -0.05) is 6.92 Å². The first-order valence-corrected chi connectivity index (χ1v) is 8.89. The third kappa shape index (κ3) is 3.78. The second kappa shape index (κ2) is 6.51. The molecular formula is C13H18BrFN2O2S. The first-order valence-electron chi connectivity index (χ1n) is 6.62.